The van der Waals surface area contributed by atoms with Crippen LogP contribution in [-0.4, -0.2) is 62.3 Å². The van der Waals surface area contributed by atoms with Gasteiger partial charge in [-0.1, -0.05) is 30.3 Å². The number of hydrogen-bond acceptors (Lipinski definition) is 6. The summed E-state index contributed by atoms with van der Waals surface area (Å²) < 4.78 is 5.07. The van der Waals surface area contributed by atoms with Gasteiger partial charge in [0.1, 0.15) is 5.82 Å². The molecule has 2 rings (SSSR count). The summed E-state index contributed by atoms with van der Waals surface area (Å²) >= 11 is 0. The summed E-state index contributed by atoms with van der Waals surface area (Å²) in [4.78, 5) is 11.3. The molecule has 0 bridgehead atoms. The Kier molecular flexibility index (Phi) is 7.45. The molecule has 130 valence electrons. The Morgan fingerprint density at radius 3 is 2.54 bits per heavy atom. The SMILES string of the molecule is COCCCNc1nc(NCCN(C)C)cc(-c2ccccc2)n1. The molecule has 0 aliphatic rings. The van der Waals surface area contributed by atoms with Crippen molar-refractivity contribution in [3.8, 4) is 11.3 Å². The molecule has 2 aromatic rings. The second-order valence-electron chi connectivity index (χ2n) is 5.83. The highest BCUT2D eigenvalue weighted by molar-refractivity contribution is 5.64. The molecule has 6 nitrogen and oxygen atoms in total. The van der Waals surface area contributed by atoms with E-state index in [-0.39, 0.29) is 0 Å². The summed E-state index contributed by atoms with van der Waals surface area (Å²) in [7, 11) is 5.82. The Morgan fingerprint density at radius 1 is 1.04 bits per heavy atom. The maximum absolute atomic E-state index is 5.07. The first-order valence-corrected chi connectivity index (χ1v) is 8.25. The molecule has 0 atom stereocenters. The first-order chi connectivity index (χ1) is 11.7. The molecule has 2 N–H and O–H groups in total. The van der Waals surface area contributed by atoms with Crippen molar-refractivity contribution in [1.29, 1.82) is 0 Å². The topological polar surface area (TPSA) is 62.3 Å². The zero-order chi connectivity index (χ0) is 17.2. The van der Waals surface area contributed by atoms with Crippen molar-refractivity contribution in [2.24, 2.45) is 0 Å². The van der Waals surface area contributed by atoms with E-state index in [4.69, 9.17) is 4.74 Å². The van der Waals surface area contributed by atoms with Crippen LogP contribution in [0, 0.1) is 0 Å². The van der Waals surface area contributed by atoms with Crippen molar-refractivity contribution in [3.63, 3.8) is 0 Å². The highest BCUT2D eigenvalue weighted by atomic mass is 16.5. The van der Waals surface area contributed by atoms with Gasteiger partial charge in [-0.15, -0.1) is 0 Å². The van der Waals surface area contributed by atoms with Crippen molar-refractivity contribution >= 4 is 11.8 Å². The Balaban J connectivity index is 2.13. The average molecular weight is 329 g/mol. The normalized spacial score (nSPS) is 10.8. The van der Waals surface area contributed by atoms with Crippen LogP contribution >= 0.6 is 0 Å². The van der Waals surface area contributed by atoms with Gasteiger partial charge >= 0.3 is 0 Å². The second-order valence-corrected chi connectivity index (χ2v) is 5.83. The van der Waals surface area contributed by atoms with E-state index in [1.165, 1.54) is 0 Å². The fourth-order valence-corrected chi connectivity index (χ4v) is 2.20. The van der Waals surface area contributed by atoms with Crippen LogP contribution in [0.4, 0.5) is 11.8 Å². The van der Waals surface area contributed by atoms with Crippen LogP contribution in [0.3, 0.4) is 0 Å². The zero-order valence-corrected chi connectivity index (χ0v) is 14.7. The summed E-state index contributed by atoms with van der Waals surface area (Å²) in [6.07, 6.45) is 0.915. The molecule has 0 unspecified atom stereocenters. The Hall–Kier alpha value is -2.18. The largest absolute Gasteiger partial charge is 0.385 e. The van der Waals surface area contributed by atoms with Gasteiger partial charge in [-0.05, 0) is 20.5 Å². The monoisotopic (exact) mass is 329 g/mol. The number of ether oxygens (including phenoxy) is 1. The van der Waals surface area contributed by atoms with Gasteiger partial charge in [-0.3, -0.25) is 0 Å². The lowest BCUT2D eigenvalue weighted by atomic mass is 10.1. The molecule has 6 heteroatoms. The minimum atomic E-state index is 0.639. The molecule has 24 heavy (non-hydrogen) atoms. The van der Waals surface area contributed by atoms with Crippen LogP contribution in [0.1, 0.15) is 6.42 Å². The van der Waals surface area contributed by atoms with Gasteiger partial charge < -0.3 is 20.3 Å². The molecular weight excluding hydrogens is 302 g/mol. The molecule has 0 radical (unpaired) electrons. The van der Waals surface area contributed by atoms with Crippen LogP contribution in [0.25, 0.3) is 11.3 Å². The minimum Gasteiger partial charge on any atom is -0.385 e. The molecule has 0 fully saturated rings. The Bertz CT molecular complexity index is 604. The summed E-state index contributed by atoms with van der Waals surface area (Å²) in [5.74, 6) is 1.47. The van der Waals surface area contributed by atoms with Gasteiger partial charge in [0.2, 0.25) is 5.95 Å². The van der Waals surface area contributed by atoms with Crippen LogP contribution in [0.5, 0.6) is 0 Å². The highest BCUT2D eigenvalue weighted by Crippen LogP contribution is 2.21. The third-order valence-corrected chi connectivity index (χ3v) is 3.47. The minimum absolute atomic E-state index is 0.639. The molecule has 0 aliphatic carbocycles. The summed E-state index contributed by atoms with van der Waals surface area (Å²) in [5, 5.41) is 6.65. The number of benzene rings is 1. The second kappa shape index (κ2) is 9.85. The third kappa shape index (κ3) is 6.14. The van der Waals surface area contributed by atoms with E-state index >= 15 is 0 Å². The molecule has 0 aliphatic heterocycles. The van der Waals surface area contributed by atoms with Gasteiger partial charge in [0.05, 0.1) is 5.69 Å². The number of nitrogens with zero attached hydrogens (tertiary/aromatic N) is 3. The predicted octanol–water partition coefficient (Wildman–Crippen LogP) is 2.57. The first kappa shape index (κ1) is 18.2. The van der Waals surface area contributed by atoms with Crippen molar-refractivity contribution in [2.75, 3.05) is 58.1 Å². The highest BCUT2D eigenvalue weighted by Gasteiger charge is 2.06. The van der Waals surface area contributed by atoms with Gasteiger partial charge in [-0.25, -0.2) is 4.98 Å². The maximum Gasteiger partial charge on any atom is 0.225 e. The van der Waals surface area contributed by atoms with E-state index < -0.39 is 0 Å². The maximum atomic E-state index is 5.07. The van der Waals surface area contributed by atoms with E-state index in [9.17, 15) is 0 Å². The molecule has 1 aromatic heterocycles. The number of nitrogens with one attached hydrogen (secondary N) is 2. The summed E-state index contributed by atoms with van der Waals surface area (Å²) in [6, 6.07) is 12.1. The van der Waals surface area contributed by atoms with Crippen LogP contribution in [-0.2, 0) is 4.74 Å². The Morgan fingerprint density at radius 2 is 1.83 bits per heavy atom. The van der Waals surface area contributed by atoms with Crippen LogP contribution < -0.4 is 10.6 Å². The van der Waals surface area contributed by atoms with Gasteiger partial charge in [0.25, 0.3) is 0 Å². The van der Waals surface area contributed by atoms with E-state index in [0.717, 1.165) is 49.7 Å². The standard InChI is InChI=1S/C18H27N5O/c1-23(2)12-11-19-17-14-16(15-8-5-4-6-9-15)21-18(22-17)20-10-7-13-24-3/h4-6,8-9,14H,7,10-13H2,1-3H3,(H2,19,20,21,22). The number of methoxy groups -OCH3 is 1. The number of likely N-dealkylation sites (N-methyl/N-ethyl adjacent to an activating group) is 1. The summed E-state index contributed by atoms with van der Waals surface area (Å²) in [6.45, 7) is 3.28. The van der Waals surface area contributed by atoms with E-state index in [1.807, 2.05) is 24.3 Å². The lowest BCUT2D eigenvalue weighted by Gasteiger charge is -2.13. The van der Waals surface area contributed by atoms with Gasteiger partial charge in [0.15, 0.2) is 0 Å². The third-order valence-electron chi connectivity index (χ3n) is 3.47. The number of anilines is 2. The molecular formula is C18H27N5O. The van der Waals surface area contributed by atoms with Gasteiger partial charge in [0, 0.05) is 45.0 Å². The quantitative estimate of drug-likeness (QED) is 0.653. The van der Waals surface area contributed by atoms with Gasteiger partial charge in [-0.2, -0.15) is 4.98 Å². The number of rotatable bonds is 10. The number of aromatic nitrogens is 2. The molecule has 0 saturated heterocycles. The fourth-order valence-electron chi connectivity index (χ4n) is 2.20. The zero-order valence-electron chi connectivity index (χ0n) is 14.7. The summed E-state index contributed by atoms with van der Waals surface area (Å²) in [5.41, 5.74) is 1.99. The fraction of sp³-hybridized carbons (Fsp3) is 0.444. The van der Waals surface area contributed by atoms with E-state index in [2.05, 4.69) is 51.7 Å². The molecule has 0 saturated carbocycles. The van der Waals surface area contributed by atoms with Crippen LogP contribution in [0.2, 0.25) is 0 Å². The smallest absolute Gasteiger partial charge is 0.225 e. The number of hydrogen-bond donors (Lipinski definition) is 2. The van der Waals surface area contributed by atoms with E-state index in [0.29, 0.717) is 5.95 Å². The van der Waals surface area contributed by atoms with Crippen LogP contribution in [0.15, 0.2) is 36.4 Å². The molecule has 1 heterocycles. The lowest BCUT2D eigenvalue weighted by Crippen LogP contribution is -2.21. The van der Waals surface area contributed by atoms with Crippen molar-refractivity contribution in [3.05, 3.63) is 36.4 Å². The Labute approximate surface area is 144 Å². The molecule has 0 spiro atoms. The lowest BCUT2D eigenvalue weighted by molar-refractivity contribution is 0.197. The van der Waals surface area contributed by atoms with Crippen molar-refractivity contribution < 1.29 is 4.74 Å². The average Bonchev–Trinajstić information content (AvgIpc) is 2.59. The van der Waals surface area contributed by atoms with Crippen molar-refractivity contribution in [1.82, 2.24) is 14.9 Å². The van der Waals surface area contributed by atoms with E-state index in [1.54, 1.807) is 7.11 Å². The first-order valence-electron chi connectivity index (χ1n) is 8.25. The molecule has 1 aromatic carbocycles. The van der Waals surface area contributed by atoms with Crippen molar-refractivity contribution in [2.45, 2.75) is 6.42 Å². The molecule has 0 amide bonds. The predicted molar refractivity (Wildman–Crippen MR) is 99.5 cm³/mol.